The van der Waals surface area contributed by atoms with Gasteiger partial charge >= 0.3 is 0 Å². The van der Waals surface area contributed by atoms with Gasteiger partial charge in [-0.3, -0.25) is 9.98 Å². The highest BCUT2D eigenvalue weighted by atomic mass is 14.8. The molecule has 0 aliphatic carbocycles. The Kier molecular flexibility index (Phi) is 4.70. The first kappa shape index (κ1) is 18.1. The van der Waals surface area contributed by atoms with E-state index in [4.69, 9.17) is 9.98 Å². The highest BCUT2D eigenvalue weighted by molar-refractivity contribution is 6.03. The molecule has 4 aromatic carbocycles. The molecule has 5 aromatic rings. The van der Waals surface area contributed by atoms with Crippen molar-refractivity contribution in [3.05, 3.63) is 108 Å². The minimum atomic E-state index is 0.941. The summed E-state index contributed by atoms with van der Waals surface area (Å²) in [6.07, 6.45) is 1.87. The lowest BCUT2D eigenvalue weighted by Crippen LogP contribution is -1.95. The van der Waals surface area contributed by atoms with Crippen LogP contribution in [0.1, 0.15) is 18.3 Å². The van der Waals surface area contributed by atoms with Crippen molar-refractivity contribution in [2.45, 2.75) is 6.92 Å². The van der Waals surface area contributed by atoms with Crippen molar-refractivity contribution in [3.63, 3.8) is 0 Å². The molecule has 0 saturated carbocycles. The van der Waals surface area contributed by atoms with Gasteiger partial charge in [0.05, 0.1) is 34.7 Å². The Hall–Kier alpha value is -3.98. The molecule has 0 fully saturated rings. The van der Waals surface area contributed by atoms with E-state index in [1.54, 1.807) is 0 Å². The minimum absolute atomic E-state index is 0.941. The Labute approximate surface area is 175 Å². The molecule has 144 valence electrons. The van der Waals surface area contributed by atoms with Crippen LogP contribution < -0.4 is 0 Å². The first-order valence-corrected chi connectivity index (χ1v) is 10.0. The zero-order chi connectivity index (χ0) is 20.3. The monoisotopic (exact) mass is 387 g/mol. The average molecular weight is 387 g/mol. The average Bonchev–Trinajstić information content (AvgIpc) is 3.27. The Bertz CT molecular complexity index is 1400. The van der Waals surface area contributed by atoms with E-state index in [-0.39, 0.29) is 0 Å². The summed E-state index contributed by atoms with van der Waals surface area (Å²) < 4.78 is 0. The smallest absolute Gasteiger partial charge is 0.0712 e. The van der Waals surface area contributed by atoms with Gasteiger partial charge in [0.15, 0.2) is 0 Å². The molecule has 0 aliphatic rings. The van der Waals surface area contributed by atoms with Crippen LogP contribution >= 0.6 is 0 Å². The van der Waals surface area contributed by atoms with Gasteiger partial charge in [-0.2, -0.15) is 0 Å². The lowest BCUT2D eigenvalue weighted by molar-refractivity contribution is 1.33. The maximum absolute atomic E-state index is 4.87. The van der Waals surface area contributed by atoms with Crippen LogP contribution in [0.15, 0.2) is 107 Å². The second-order valence-corrected chi connectivity index (χ2v) is 7.28. The van der Waals surface area contributed by atoms with E-state index in [9.17, 15) is 0 Å². The van der Waals surface area contributed by atoms with E-state index in [1.807, 2.05) is 55.6 Å². The third kappa shape index (κ3) is 3.53. The number of H-pyrrole nitrogens is 1. The van der Waals surface area contributed by atoms with Gasteiger partial charge in [-0.05, 0) is 42.0 Å². The molecule has 30 heavy (non-hydrogen) atoms. The van der Waals surface area contributed by atoms with Gasteiger partial charge < -0.3 is 4.98 Å². The lowest BCUT2D eigenvalue weighted by atomic mass is 10.1. The molecular weight excluding hydrogens is 366 g/mol. The van der Waals surface area contributed by atoms with Gasteiger partial charge in [0.2, 0.25) is 0 Å². The highest BCUT2D eigenvalue weighted by Crippen LogP contribution is 2.27. The molecule has 0 unspecified atom stereocenters. The van der Waals surface area contributed by atoms with Crippen LogP contribution in [-0.4, -0.2) is 16.9 Å². The van der Waals surface area contributed by atoms with E-state index < -0.39 is 0 Å². The van der Waals surface area contributed by atoms with Crippen molar-refractivity contribution in [1.29, 1.82) is 0 Å². The van der Waals surface area contributed by atoms with Gasteiger partial charge in [-0.25, -0.2) is 0 Å². The minimum Gasteiger partial charge on any atom is -0.353 e. The first-order valence-electron chi connectivity index (χ1n) is 10.0. The standard InChI is InChI=1S/C27H21N3/c1-19(29-27-15-7-11-21-9-3-5-13-24(21)27)25-17-16-22(30-25)18-28-26-14-6-10-20-8-2-4-12-23(20)26/h2-18,30H,1H3. The number of fused-ring (bicyclic) bond motifs is 2. The Morgan fingerprint density at radius 1 is 0.667 bits per heavy atom. The van der Waals surface area contributed by atoms with E-state index in [1.165, 1.54) is 10.8 Å². The summed E-state index contributed by atoms with van der Waals surface area (Å²) in [5, 5.41) is 4.69. The van der Waals surface area contributed by atoms with Crippen LogP contribution in [0, 0.1) is 0 Å². The molecule has 3 heteroatoms. The van der Waals surface area contributed by atoms with Crippen LogP contribution in [0.5, 0.6) is 0 Å². The molecule has 0 bridgehead atoms. The largest absolute Gasteiger partial charge is 0.353 e. The molecule has 3 nitrogen and oxygen atoms in total. The van der Waals surface area contributed by atoms with Crippen LogP contribution in [0.25, 0.3) is 21.5 Å². The molecule has 0 atom stereocenters. The number of nitrogens with zero attached hydrogens (tertiary/aromatic N) is 2. The Balaban J connectivity index is 1.43. The van der Waals surface area contributed by atoms with Gasteiger partial charge in [-0.1, -0.05) is 72.8 Å². The van der Waals surface area contributed by atoms with E-state index in [2.05, 4.69) is 59.6 Å². The van der Waals surface area contributed by atoms with Gasteiger partial charge in [-0.15, -0.1) is 0 Å². The maximum atomic E-state index is 4.87. The van der Waals surface area contributed by atoms with Crippen molar-refractivity contribution >= 4 is 44.8 Å². The summed E-state index contributed by atoms with van der Waals surface area (Å²) in [7, 11) is 0. The van der Waals surface area contributed by atoms with E-state index in [0.717, 1.165) is 39.2 Å². The van der Waals surface area contributed by atoms with Crippen LogP contribution in [0.3, 0.4) is 0 Å². The molecule has 0 radical (unpaired) electrons. The summed E-state index contributed by atoms with van der Waals surface area (Å²) in [6, 6.07) is 33.1. The Morgan fingerprint density at radius 2 is 1.27 bits per heavy atom. The van der Waals surface area contributed by atoms with Crippen LogP contribution in [0.4, 0.5) is 11.4 Å². The number of aliphatic imine (C=N–C) groups is 2. The van der Waals surface area contributed by atoms with Gasteiger partial charge in [0.25, 0.3) is 0 Å². The molecule has 0 amide bonds. The second-order valence-electron chi connectivity index (χ2n) is 7.28. The molecular formula is C27H21N3. The zero-order valence-electron chi connectivity index (χ0n) is 16.7. The molecule has 5 rings (SSSR count). The summed E-state index contributed by atoms with van der Waals surface area (Å²) in [6.45, 7) is 2.03. The molecule has 1 heterocycles. The molecule has 1 N–H and O–H groups in total. The third-order valence-electron chi connectivity index (χ3n) is 5.26. The van der Waals surface area contributed by atoms with Gasteiger partial charge in [0, 0.05) is 10.8 Å². The molecule has 0 saturated heterocycles. The summed E-state index contributed by atoms with van der Waals surface area (Å²) in [4.78, 5) is 13.0. The van der Waals surface area contributed by atoms with E-state index in [0.29, 0.717) is 0 Å². The number of aromatic nitrogens is 1. The highest BCUT2D eigenvalue weighted by Gasteiger charge is 2.04. The molecule has 1 aromatic heterocycles. The number of hydrogen-bond acceptors (Lipinski definition) is 2. The predicted octanol–water partition coefficient (Wildman–Crippen LogP) is 7.21. The second kappa shape index (κ2) is 7.80. The van der Waals surface area contributed by atoms with Crippen molar-refractivity contribution in [2.75, 3.05) is 0 Å². The first-order chi connectivity index (χ1) is 14.8. The SMILES string of the molecule is CC(=Nc1cccc2ccccc12)c1ccc(C=Nc2cccc3ccccc23)[nH]1. The summed E-state index contributed by atoms with van der Waals surface area (Å²) >= 11 is 0. The normalized spacial score (nSPS) is 12.2. The predicted molar refractivity (Wildman–Crippen MR) is 128 cm³/mol. The van der Waals surface area contributed by atoms with Crippen molar-refractivity contribution < 1.29 is 0 Å². The molecule has 0 aliphatic heterocycles. The van der Waals surface area contributed by atoms with Gasteiger partial charge in [0.1, 0.15) is 0 Å². The number of benzene rings is 4. The van der Waals surface area contributed by atoms with Crippen molar-refractivity contribution in [3.8, 4) is 0 Å². The third-order valence-corrected chi connectivity index (χ3v) is 5.26. The molecule has 0 spiro atoms. The number of rotatable bonds is 4. The Morgan fingerprint density at radius 3 is 2.00 bits per heavy atom. The number of aromatic amines is 1. The van der Waals surface area contributed by atoms with Crippen LogP contribution in [0.2, 0.25) is 0 Å². The fourth-order valence-electron chi connectivity index (χ4n) is 3.70. The van der Waals surface area contributed by atoms with Crippen molar-refractivity contribution in [1.82, 2.24) is 4.98 Å². The fourth-order valence-corrected chi connectivity index (χ4v) is 3.70. The summed E-state index contributed by atoms with van der Waals surface area (Å²) in [5.74, 6) is 0. The number of hydrogen-bond donors (Lipinski definition) is 1. The summed E-state index contributed by atoms with van der Waals surface area (Å²) in [5.41, 5.74) is 4.82. The zero-order valence-corrected chi connectivity index (χ0v) is 16.7. The van der Waals surface area contributed by atoms with Crippen molar-refractivity contribution in [2.24, 2.45) is 9.98 Å². The fraction of sp³-hybridized carbons (Fsp3) is 0.0370. The lowest BCUT2D eigenvalue weighted by Gasteiger charge is -2.03. The number of nitrogens with one attached hydrogen (secondary N) is 1. The van der Waals surface area contributed by atoms with Crippen LogP contribution in [-0.2, 0) is 0 Å². The van der Waals surface area contributed by atoms with E-state index >= 15 is 0 Å². The quantitative estimate of drug-likeness (QED) is 0.316. The maximum Gasteiger partial charge on any atom is 0.0712 e. The topological polar surface area (TPSA) is 40.5 Å².